The van der Waals surface area contributed by atoms with Gasteiger partial charge in [-0.3, -0.25) is 0 Å². The largest absolute Gasteiger partial charge is 0.496 e. The van der Waals surface area contributed by atoms with Gasteiger partial charge in [0.2, 0.25) is 0 Å². The van der Waals surface area contributed by atoms with E-state index in [1.165, 1.54) is 5.56 Å². The van der Waals surface area contributed by atoms with Crippen LogP contribution in [0.25, 0.3) is 0 Å². The van der Waals surface area contributed by atoms with Gasteiger partial charge in [0.25, 0.3) is 0 Å². The van der Waals surface area contributed by atoms with Gasteiger partial charge in [-0.2, -0.15) is 5.26 Å². The first-order valence-electron chi connectivity index (χ1n) is 6.51. The molecule has 0 aliphatic heterocycles. The van der Waals surface area contributed by atoms with E-state index in [1.54, 1.807) is 7.11 Å². The summed E-state index contributed by atoms with van der Waals surface area (Å²) in [7, 11) is 1.69. The average molecular weight is 246 g/mol. The molecule has 0 fully saturated rings. The fraction of sp³-hybridized carbons (Fsp3) is 0.533. The molecule has 0 heterocycles. The van der Waals surface area contributed by atoms with E-state index in [9.17, 15) is 0 Å². The molecule has 0 aromatic heterocycles. The second-order valence-electron chi connectivity index (χ2n) is 4.36. The predicted octanol–water partition coefficient (Wildman–Crippen LogP) is 2.90. The smallest absolute Gasteiger partial charge is 0.123 e. The first-order chi connectivity index (χ1) is 8.74. The molecule has 0 amide bonds. The summed E-state index contributed by atoms with van der Waals surface area (Å²) in [5, 5.41) is 12.2. The Kier molecular flexibility index (Phi) is 6.24. The first-order valence-corrected chi connectivity index (χ1v) is 6.51. The number of benzene rings is 1. The highest BCUT2D eigenvalue weighted by Crippen LogP contribution is 2.20. The summed E-state index contributed by atoms with van der Waals surface area (Å²) in [6.07, 6.45) is 1.91. The Morgan fingerprint density at radius 3 is 2.72 bits per heavy atom. The SMILES string of the molecule is CCc1ccc(OC)c(CNCC(C#N)CC)c1. The van der Waals surface area contributed by atoms with Gasteiger partial charge < -0.3 is 10.1 Å². The minimum absolute atomic E-state index is 0.0883. The molecule has 1 aromatic rings. The van der Waals surface area contributed by atoms with Gasteiger partial charge in [-0.25, -0.2) is 0 Å². The van der Waals surface area contributed by atoms with Crippen LogP contribution in [0.2, 0.25) is 0 Å². The molecular formula is C15H22N2O. The minimum Gasteiger partial charge on any atom is -0.496 e. The van der Waals surface area contributed by atoms with Crippen LogP contribution in [0.5, 0.6) is 5.75 Å². The van der Waals surface area contributed by atoms with Crippen LogP contribution < -0.4 is 10.1 Å². The maximum atomic E-state index is 8.89. The van der Waals surface area contributed by atoms with E-state index in [1.807, 2.05) is 13.0 Å². The van der Waals surface area contributed by atoms with Crippen molar-refractivity contribution in [2.24, 2.45) is 5.92 Å². The summed E-state index contributed by atoms with van der Waals surface area (Å²) >= 11 is 0. The van der Waals surface area contributed by atoms with Crippen molar-refractivity contribution in [3.8, 4) is 11.8 Å². The lowest BCUT2D eigenvalue weighted by molar-refractivity contribution is 0.406. The summed E-state index contributed by atoms with van der Waals surface area (Å²) in [6.45, 7) is 5.65. The van der Waals surface area contributed by atoms with Crippen LogP contribution in [0.3, 0.4) is 0 Å². The number of aryl methyl sites for hydroxylation is 1. The second kappa shape index (κ2) is 7.73. The highest BCUT2D eigenvalue weighted by atomic mass is 16.5. The van der Waals surface area contributed by atoms with Crippen molar-refractivity contribution in [3.05, 3.63) is 29.3 Å². The van der Waals surface area contributed by atoms with Gasteiger partial charge in [0.15, 0.2) is 0 Å². The van der Waals surface area contributed by atoms with E-state index in [0.717, 1.165) is 37.2 Å². The van der Waals surface area contributed by atoms with Crippen LogP contribution in [-0.2, 0) is 13.0 Å². The van der Waals surface area contributed by atoms with Gasteiger partial charge in [0.05, 0.1) is 19.1 Å². The lowest BCUT2D eigenvalue weighted by Gasteiger charge is -2.12. The predicted molar refractivity (Wildman–Crippen MR) is 73.5 cm³/mol. The van der Waals surface area contributed by atoms with Crippen LogP contribution in [-0.4, -0.2) is 13.7 Å². The number of rotatable bonds is 7. The molecule has 0 spiro atoms. The number of nitrogens with one attached hydrogen (secondary N) is 1. The van der Waals surface area contributed by atoms with Crippen molar-refractivity contribution >= 4 is 0 Å². The second-order valence-corrected chi connectivity index (χ2v) is 4.36. The first kappa shape index (κ1) is 14.5. The van der Waals surface area contributed by atoms with E-state index in [-0.39, 0.29) is 5.92 Å². The maximum absolute atomic E-state index is 8.89. The average Bonchev–Trinajstić information content (AvgIpc) is 2.43. The zero-order valence-electron chi connectivity index (χ0n) is 11.5. The molecule has 1 rings (SSSR count). The number of nitriles is 1. The number of hydrogen-bond acceptors (Lipinski definition) is 3. The highest BCUT2D eigenvalue weighted by molar-refractivity contribution is 5.37. The van der Waals surface area contributed by atoms with Gasteiger partial charge >= 0.3 is 0 Å². The van der Waals surface area contributed by atoms with E-state index >= 15 is 0 Å². The van der Waals surface area contributed by atoms with Gasteiger partial charge in [-0.1, -0.05) is 26.0 Å². The van der Waals surface area contributed by atoms with Crippen LogP contribution >= 0.6 is 0 Å². The van der Waals surface area contributed by atoms with Gasteiger partial charge in [-0.15, -0.1) is 0 Å². The number of methoxy groups -OCH3 is 1. The quantitative estimate of drug-likeness (QED) is 0.804. The van der Waals surface area contributed by atoms with Crippen LogP contribution in [0.4, 0.5) is 0 Å². The lowest BCUT2D eigenvalue weighted by atomic mass is 10.1. The van der Waals surface area contributed by atoms with Gasteiger partial charge in [0.1, 0.15) is 5.75 Å². The molecule has 1 aromatic carbocycles. The van der Waals surface area contributed by atoms with Crippen molar-refractivity contribution in [1.29, 1.82) is 5.26 Å². The Bertz CT molecular complexity index is 409. The van der Waals surface area contributed by atoms with Gasteiger partial charge in [0, 0.05) is 18.7 Å². The lowest BCUT2D eigenvalue weighted by Crippen LogP contribution is -2.21. The van der Waals surface area contributed by atoms with Crippen LogP contribution in [0, 0.1) is 17.2 Å². The maximum Gasteiger partial charge on any atom is 0.123 e. The molecule has 3 heteroatoms. The highest BCUT2D eigenvalue weighted by Gasteiger charge is 2.06. The molecular weight excluding hydrogens is 224 g/mol. The molecule has 18 heavy (non-hydrogen) atoms. The third-order valence-electron chi connectivity index (χ3n) is 3.13. The molecule has 0 aliphatic rings. The summed E-state index contributed by atoms with van der Waals surface area (Å²) in [5.74, 6) is 0.995. The minimum atomic E-state index is 0.0883. The zero-order valence-corrected chi connectivity index (χ0v) is 11.5. The monoisotopic (exact) mass is 246 g/mol. The summed E-state index contributed by atoms with van der Waals surface area (Å²) < 4.78 is 5.35. The zero-order chi connectivity index (χ0) is 13.4. The van der Waals surface area contributed by atoms with Crippen molar-refractivity contribution < 1.29 is 4.74 Å². The molecule has 1 N–H and O–H groups in total. The summed E-state index contributed by atoms with van der Waals surface area (Å²) in [6, 6.07) is 8.56. The Morgan fingerprint density at radius 2 is 2.17 bits per heavy atom. The molecule has 0 bridgehead atoms. The number of nitrogens with zero attached hydrogens (tertiary/aromatic N) is 1. The Morgan fingerprint density at radius 1 is 1.39 bits per heavy atom. The summed E-state index contributed by atoms with van der Waals surface area (Å²) in [5.41, 5.74) is 2.46. The summed E-state index contributed by atoms with van der Waals surface area (Å²) in [4.78, 5) is 0. The normalized spacial score (nSPS) is 11.9. The number of hydrogen-bond donors (Lipinski definition) is 1. The topological polar surface area (TPSA) is 45.0 Å². The van der Waals surface area contributed by atoms with Gasteiger partial charge in [-0.05, 0) is 24.5 Å². The molecule has 1 unspecified atom stereocenters. The molecule has 0 aliphatic carbocycles. The van der Waals surface area contributed by atoms with Crippen molar-refractivity contribution in [2.75, 3.05) is 13.7 Å². The Hall–Kier alpha value is -1.53. The molecule has 1 atom stereocenters. The van der Waals surface area contributed by atoms with Crippen molar-refractivity contribution in [3.63, 3.8) is 0 Å². The Labute approximate surface area is 110 Å². The third kappa shape index (κ3) is 4.05. The standard InChI is InChI=1S/C15H22N2O/c1-4-12-6-7-15(18-3)14(8-12)11-17-10-13(5-2)9-16/h6-8,13,17H,4-5,10-11H2,1-3H3. The van der Waals surface area contributed by atoms with E-state index < -0.39 is 0 Å². The van der Waals surface area contributed by atoms with Crippen molar-refractivity contribution in [2.45, 2.75) is 33.2 Å². The Balaban J connectivity index is 2.62. The number of ether oxygens (including phenoxy) is 1. The molecule has 0 saturated carbocycles. The third-order valence-corrected chi connectivity index (χ3v) is 3.13. The molecule has 0 radical (unpaired) electrons. The van der Waals surface area contributed by atoms with Crippen LogP contribution in [0.1, 0.15) is 31.4 Å². The molecule has 3 nitrogen and oxygen atoms in total. The molecule has 98 valence electrons. The van der Waals surface area contributed by atoms with E-state index in [2.05, 4.69) is 30.4 Å². The fourth-order valence-corrected chi connectivity index (χ4v) is 1.85. The van der Waals surface area contributed by atoms with Crippen LogP contribution in [0.15, 0.2) is 18.2 Å². The van der Waals surface area contributed by atoms with E-state index in [0.29, 0.717) is 0 Å². The molecule has 0 saturated heterocycles. The van der Waals surface area contributed by atoms with Crippen molar-refractivity contribution in [1.82, 2.24) is 5.32 Å². The fourth-order valence-electron chi connectivity index (χ4n) is 1.85. The van der Waals surface area contributed by atoms with E-state index in [4.69, 9.17) is 10.00 Å².